The molecule has 18 heavy (non-hydrogen) atoms. The molecule has 0 aliphatic rings. The number of hydrogen-bond acceptors (Lipinski definition) is 6. The number of ketones is 1. The Hall–Kier alpha value is -2.00. The third-order valence-corrected chi connectivity index (χ3v) is 2.26. The fourth-order valence-corrected chi connectivity index (χ4v) is 1.33. The number of rotatable bonds is 7. The molecular formula is C9H12O9. The number of aliphatic hydroxyl groups is 2. The van der Waals surface area contributed by atoms with Gasteiger partial charge in [-0.15, -0.1) is 0 Å². The summed E-state index contributed by atoms with van der Waals surface area (Å²) in [6.45, 7) is 0.829. The van der Waals surface area contributed by atoms with Crippen molar-refractivity contribution in [3.8, 4) is 0 Å². The summed E-state index contributed by atoms with van der Waals surface area (Å²) in [5.41, 5.74) is -3.50. The molecule has 0 heterocycles. The van der Waals surface area contributed by atoms with E-state index in [1.165, 1.54) is 0 Å². The van der Waals surface area contributed by atoms with E-state index in [9.17, 15) is 24.3 Å². The van der Waals surface area contributed by atoms with Crippen LogP contribution in [0.5, 0.6) is 0 Å². The third kappa shape index (κ3) is 3.02. The summed E-state index contributed by atoms with van der Waals surface area (Å²) in [5, 5.41) is 44.5. The Morgan fingerprint density at radius 1 is 1.11 bits per heavy atom. The van der Waals surface area contributed by atoms with E-state index in [4.69, 9.17) is 20.4 Å². The molecule has 0 bridgehead atoms. The fourth-order valence-electron chi connectivity index (χ4n) is 1.33. The van der Waals surface area contributed by atoms with Crippen LogP contribution in [0, 0.1) is 5.92 Å². The van der Waals surface area contributed by atoms with E-state index in [1.807, 2.05) is 0 Å². The second-order valence-corrected chi connectivity index (χ2v) is 3.60. The molecule has 102 valence electrons. The van der Waals surface area contributed by atoms with E-state index in [2.05, 4.69) is 0 Å². The molecule has 0 radical (unpaired) electrons. The summed E-state index contributed by atoms with van der Waals surface area (Å²) < 4.78 is 0. The van der Waals surface area contributed by atoms with Gasteiger partial charge in [0.25, 0.3) is 0 Å². The van der Waals surface area contributed by atoms with E-state index >= 15 is 0 Å². The molecule has 9 nitrogen and oxygen atoms in total. The highest BCUT2D eigenvalue weighted by molar-refractivity contribution is 6.11. The Bertz CT molecular complexity index is 385. The lowest BCUT2D eigenvalue weighted by molar-refractivity contribution is -0.183. The first-order chi connectivity index (χ1) is 8.05. The summed E-state index contributed by atoms with van der Waals surface area (Å²) >= 11 is 0. The topological polar surface area (TPSA) is 169 Å². The molecule has 0 spiro atoms. The predicted molar refractivity (Wildman–Crippen MR) is 52.7 cm³/mol. The van der Waals surface area contributed by atoms with Crippen LogP contribution >= 0.6 is 0 Å². The van der Waals surface area contributed by atoms with Gasteiger partial charge in [0.1, 0.15) is 12.0 Å². The second-order valence-electron chi connectivity index (χ2n) is 3.60. The number of carbonyl (C=O) groups excluding carboxylic acids is 1. The molecule has 3 unspecified atom stereocenters. The van der Waals surface area contributed by atoms with Crippen molar-refractivity contribution >= 4 is 23.7 Å². The van der Waals surface area contributed by atoms with Gasteiger partial charge in [0.15, 0.2) is 0 Å². The first-order valence-electron chi connectivity index (χ1n) is 4.67. The van der Waals surface area contributed by atoms with Crippen molar-refractivity contribution in [1.29, 1.82) is 0 Å². The molecule has 0 aliphatic carbocycles. The first-order valence-corrected chi connectivity index (χ1v) is 4.67. The zero-order valence-electron chi connectivity index (χ0n) is 9.23. The van der Waals surface area contributed by atoms with E-state index in [1.54, 1.807) is 0 Å². The standard InChI is InChI=1S/C9H12O9/c1-3(10)6(13)9(18,8(16)17)4(7(14)15)2-5(11)12/h3-4,10,18H,2H2,1H3,(H,11,12)(H,14,15)(H,16,17). The van der Waals surface area contributed by atoms with Gasteiger partial charge in [-0.1, -0.05) is 0 Å². The molecule has 0 fully saturated rings. The predicted octanol–water partition coefficient (Wildman–Crippen LogP) is -2.07. The average molecular weight is 264 g/mol. The Labute approximate surface area is 100 Å². The number of carbonyl (C=O) groups is 4. The summed E-state index contributed by atoms with van der Waals surface area (Å²) in [7, 11) is 0. The minimum absolute atomic E-state index is 0.829. The zero-order valence-corrected chi connectivity index (χ0v) is 9.23. The minimum Gasteiger partial charge on any atom is -0.481 e. The first kappa shape index (κ1) is 16.0. The van der Waals surface area contributed by atoms with Crippen LogP contribution in [0.25, 0.3) is 0 Å². The summed E-state index contributed by atoms with van der Waals surface area (Å²) in [6.07, 6.45) is -3.24. The van der Waals surface area contributed by atoms with Crippen LogP contribution in [0.3, 0.4) is 0 Å². The SMILES string of the molecule is CC(O)C(=O)C(O)(C(=O)O)C(CC(=O)O)C(=O)O. The van der Waals surface area contributed by atoms with Crippen molar-refractivity contribution in [2.45, 2.75) is 25.0 Å². The fraction of sp³-hybridized carbons (Fsp3) is 0.556. The number of Topliss-reactive ketones (excluding diaryl/α,β-unsaturated/α-hetero) is 1. The lowest BCUT2D eigenvalue weighted by Gasteiger charge is -2.28. The summed E-state index contributed by atoms with van der Waals surface area (Å²) in [4.78, 5) is 43.5. The number of carboxylic acid groups (broad SMARTS) is 3. The Kier molecular flexibility index (Phi) is 4.94. The molecule has 0 aromatic carbocycles. The molecule has 0 aromatic rings. The molecule has 0 aromatic heterocycles. The van der Waals surface area contributed by atoms with Crippen molar-refractivity contribution in [2.75, 3.05) is 0 Å². The highest BCUT2D eigenvalue weighted by Crippen LogP contribution is 2.25. The van der Waals surface area contributed by atoms with E-state index in [-0.39, 0.29) is 0 Å². The minimum atomic E-state index is -3.50. The molecule has 0 saturated heterocycles. The van der Waals surface area contributed by atoms with Crippen molar-refractivity contribution in [3.63, 3.8) is 0 Å². The van der Waals surface area contributed by atoms with Gasteiger partial charge in [0.05, 0.1) is 6.42 Å². The largest absolute Gasteiger partial charge is 0.481 e. The monoisotopic (exact) mass is 264 g/mol. The van der Waals surface area contributed by atoms with Crippen LogP contribution in [0.2, 0.25) is 0 Å². The van der Waals surface area contributed by atoms with Gasteiger partial charge in [-0.25, -0.2) is 4.79 Å². The van der Waals surface area contributed by atoms with E-state index in [0.29, 0.717) is 0 Å². The smallest absolute Gasteiger partial charge is 0.344 e. The molecular weight excluding hydrogens is 252 g/mol. The average Bonchev–Trinajstić information content (AvgIpc) is 2.22. The highest BCUT2D eigenvalue weighted by Gasteiger charge is 2.56. The molecule has 0 rings (SSSR count). The highest BCUT2D eigenvalue weighted by atomic mass is 16.4. The number of aliphatic carboxylic acids is 3. The van der Waals surface area contributed by atoms with Gasteiger partial charge in [0.2, 0.25) is 11.4 Å². The van der Waals surface area contributed by atoms with E-state index in [0.717, 1.165) is 6.92 Å². The van der Waals surface area contributed by atoms with E-state index < -0.39 is 47.7 Å². The number of aliphatic hydroxyl groups excluding tert-OH is 1. The lowest BCUT2D eigenvalue weighted by Crippen LogP contribution is -2.58. The number of carboxylic acids is 3. The van der Waals surface area contributed by atoms with Crippen LogP contribution in [-0.2, 0) is 19.2 Å². The van der Waals surface area contributed by atoms with Crippen LogP contribution < -0.4 is 0 Å². The van der Waals surface area contributed by atoms with Gasteiger partial charge < -0.3 is 25.5 Å². The van der Waals surface area contributed by atoms with Gasteiger partial charge in [-0.3, -0.25) is 14.4 Å². The van der Waals surface area contributed by atoms with Gasteiger partial charge in [0, 0.05) is 0 Å². The second kappa shape index (κ2) is 5.56. The van der Waals surface area contributed by atoms with Crippen LogP contribution in [0.15, 0.2) is 0 Å². The summed E-state index contributed by atoms with van der Waals surface area (Å²) in [6, 6.07) is 0. The zero-order chi connectivity index (χ0) is 14.7. The van der Waals surface area contributed by atoms with Gasteiger partial charge in [-0.2, -0.15) is 0 Å². The van der Waals surface area contributed by atoms with Crippen LogP contribution in [-0.4, -0.2) is 60.9 Å². The van der Waals surface area contributed by atoms with Crippen molar-refractivity contribution in [3.05, 3.63) is 0 Å². The maximum atomic E-state index is 11.4. The van der Waals surface area contributed by atoms with Gasteiger partial charge in [-0.05, 0) is 6.92 Å². The molecule has 0 saturated carbocycles. The van der Waals surface area contributed by atoms with Crippen molar-refractivity contribution in [1.82, 2.24) is 0 Å². The number of hydrogen-bond donors (Lipinski definition) is 5. The maximum Gasteiger partial charge on any atom is 0.344 e. The quantitative estimate of drug-likeness (QED) is 0.324. The summed E-state index contributed by atoms with van der Waals surface area (Å²) in [5.74, 6) is -10.0. The van der Waals surface area contributed by atoms with Crippen molar-refractivity contribution in [2.24, 2.45) is 5.92 Å². The molecule has 0 aliphatic heterocycles. The normalized spacial score (nSPS) is 17.3. The molecule has 9 heteroatoms. The maximum absolute atomic E-state index is 11.4. The van der Waals surface area contributed by atoms with Crippen LogP contribution in [0.1, 0.15) is 13.3 Å². The molecule has 5 N–H and O–H groups in total. The Balaban J connectivity index is 5.67. The third-order valence-electron chi connectivity index (χ3n) is 2.26. The van der Waals surface area contributed by atoms with Crippen molar-refractivity contribution < 1.29 is 44.7 Å². The Morgan fingerprint density at radius 3 is 1.78 bits per heavy atom. The molecule has 0 amide bonds. The van der Waals surface area contributed by atoms with Crippen LogP contribution in [0.4, 0.5) is 0 Å². The Morgan fingerprint density at radius 2 is 1.56 bits per heavy atom. The molecule has 3 atom stereocenters. The van der Waals surface area contributed by atoms with Gasteiger partial charge >= 0.3 is 17.9 Å². The lowest BCUT2D eigenvalue weighted by atomic mass is 9.80.